The van der Waals surface area contributed by atoms with Gasteiger partial charge in [0.05, 0.1) is 30.2 Å². The molecule has 2 atom stereocenters. The van der Waals surface area contributed by atoms with Gasteiger partial charge in [0.1, 0.15) is 5.82 Å². The lowest BCUT2D eigenvalue weighted by Gasteiger charge is -2.35. The van der Waals surface area contributed by atoms with E-state index >= 15 is 0 Å². The quantitative estimate of drug-likeness (QED) is 0.257. The Morgan fingerprint density at radius 3 is 2.39 bits per heavy atom. The van der Waals surface area contributed by atoms with Crippen LogP contribution in [0.2, 0.25) is 0 Å². The van der Waals surface area contributed by atoms with Gasteiger partial charge in [-0.1, -0.05) is 60.7 Å². The van der Waals surface area contributed by atoms with Crippen molar-refractivity contribution in [2.24, 2.45) is 0 Å². The molecule has 0 unspecified atom stereocenters. The van der Waals surface area contributed by atoms with E-state index in [0.717, 1.165) is 14.7 Å². The number of rotatable bonds is 5. The van der Waals surface area contributed by atoms with Crippen LogP contribution in [-0.2, 0) is 6.54 Å². The molecule has 1 aliphatic heterocycles. The van der Waals surface area contributed by atoms with Gasteiger partial charge in [-0.25, -0.2) is 9.40 Å². The number of amides is 1. The number of carbonyl (C=O) groups is 1. The summed E-state index contributed by atoms with van der Waals surface area (Å²) >= 11 is 2.19. The van der Waals surface area contributed by atoms with Gasteiger partial charge in [0.25, 0.3) is 5.91 Å². The van der Waals surface area contributed by atoms with E-state index in [2.05, 4.69) is 22.6 Å². The van der Waals surface area contributed by atoms with Gasteiger partial charge in [-0.15, -0.1) is 0 Å². The summed E-state index contributed by atoms with van der Waals surface area (Å²) < 4.78 is 21.2. The summed E-state index contributed by atoms with van der Waals surface area (Å²) in [5, 5.41) is 3.81. The molecule has 4 nitrogen and oxygen atoms in total. The van der Waals surface area contributed by atoms with Gasteiger partial charge in [-0.05, 0) is 58.8 Å². The second kappa shape index (κ2) is 9.49. The molecule has 166 valence electrons. The zero-order valence-electron chi connectivity index (χ0n) is 17.8. The Hall–Kier alpha value is -2.97. The van der Waals surface area contributed by atoms with Crippen LogP contribution in [0.15, 0.2) is 102 Å². The van der Waals surface area contributed by atoms with Crippen LogP contribution >= 0.6 is 22.6 Å². The van der Waals surface area contributed by atoms with Crippen molar-refractivity contribution in [1.29, 1.82) is 0 Å². The topological polar surface area (TPSA) is 36.7 Å². The number of nitrogens with zero attached hydrogens (tertiary/aromatic N) is 2. The minimum atomic E-state index is -0.309. The van der Waals surface area contributed by atoms with Crippen LogP contribution in [-0.4, -0.2) is 15.9 Å². The van der Waals surface area contributed by atoms with Crippen molar-refractivity contribution in [3.05, 3.63) is 129 Å². The standard InChI is InChI=1S/C27H22FIN2O2/c28-23-12-6-4-10-21(23)26-16-25(20-8-2-1-3-9-20)31(30(26)17-19-14-15-33-18-19)27(32)22-11-5-7-13-24(22)29/h1-15,18,25-26H,16-17H2/t25-,26-/m0/s1. The van der Waals surface area contributed by atoms with Crippen molar-refractivity contribution in [3.8, 4) is 0 Å². The van der Waals surface area contributed by atoms with Crippen LogP contribution in [0.3, 0.4) is 0 Å². The highest BCUT2D eigenvalue weighted by molar-refractivity contribution is 14.1. The van der Waals surface area contributed by atoms with Crippen molar-refractivity contribution in [3.63, 3.8) is 0 Å². The highest BCUT2D eigenvalue weighted by atomic mass is 127. The average Bonchev–Trinajstić information content (AvgIpc) is 3.48. The molecular weight excluding hydrogens is 530 g/mol. The van der Waals surface area contributed by atoms with Crippen LogP contribution in [0.1, 0.15) is 45.6 Å². The summed E-state index contributed by atoms with van der Waals surface area (Å²) in [4.78, 5) is 14.0. The van der Waals surface area contributed by atoms with Crippen LogP contribution in [0, 0.1) is 9.39 Å². The maximum absolute atomic E-state index is 15.0. The largest absolute Gasteiger partial charge is 0.472 e. The van der Waals surface area contributed by atoms with Gasteiger partial charge in [-0.2, -0.15) is 0 Å². The van der Waals surface area contributed by atoms with E-state index in [1.165, 1.54) is 6.07 Å². The summed E-state index contributed by atoms with van der Waals surface area (Å²) in [6.07, 6.45) is 3.87. The number of hydrogen-bond donors (Lipinski definition) is 0. The molecule has 1 aromatic heterocycles. The maximum Gasteiger partial charge on any atom is 0.269 e. The van der Waals surface area contributed by atoms with Gasteiger partial charge in [0.15, 0.2) is 0 Å². The molecule has 0 spiro atoms. The Labute approximate surface area is 205 Å². The van der Waals surface area contributed by atoms with Crippen LogP contribution in [0.5, 0.6) is 0 Å². The second-order valence-corrected chi connectivity index (χ2v) is 9.22. The first-order chi connectivity index (χ1) is 16.1. The molecule has 1 saturated heterocycles. The molecule has 0 radical (unpaired) electrons. The maximum atomic E-state index is 15.0. The van der Waals surface area contributed by atoms with Crippen molar-refractivity contribution >= 4 is 28.5 Å². The van der Waals surface area contributed by atoms with Gasteiger partial charge in [-0.3, -0.25) is 9.80 Å². The van der Waals surface area contributed by atoms with E-state index in [-0.39, 0.29) is 23.8 Å². The van der Waals surface area contributed by atoms with E-state index in [4.69, 9.17) is 4.42 Å². The molecular formula is C27H22FIN2O2. The molecule has 1 aliphatic rings. The van der Waals surface area contributed by atoms with Gasteiger partial charge in [0, 0.05) is 21.2 Å². The van der Waals surface area contributed by atoms with E-state index in [1.54, 1.807) is 18.6 Å². The first-order valence-corrected chi connectivity index (χ1v) is 11.9. The summed E-state index contributed by atoms with van der Waals surface area (Å²) in [5.41, 5.74) is 3.16. The molecule has 3 aromatic carbocycles. The Bertz CT molecular complexity index is 1250. The number of furan rings is 1. The summed E-state index contributed by atoms with van der Waals surface area (Å²) in [5.74, 6) is -0.369. The SMILES string of the molecule is O=C(c1ccccc1I)N1[C@H](c2ccccc2)C[C@@H](c2ccccc2F)N1Cc1ccoc1. The van der Waals surface area contributed by atoms with Crippen LogP contribution in [0.25, 0.3) is 0 Å². The van der Waals surface area contributed by atoms with Crippen molar-refractivity contribution in [2.75, 3.05) is 0 Å². The van der Waals surface area contributed by atoms with Gasteiger partial charge >= 0.3 is 0 Å². The molecule has 6 heteroatoms. The molecule has 1 amide bonds. The lowest BCUT2D eigenvalue weighted by atomic mass is 9.96. The minimum Gasteiger partial charge on any atom is -0.472 e. The zero-order valence-corrected chi connectivity index (χ0v) is 19.9. The van der Waals surface area contributed by atoms with E-state index in [9.17, 15) is 9.18 Å². The smallest absolute Gasteiger partial charge is 0.269 e. The third-order valence-corrected chi connectivity index (χ3v) is 7.00. The summed E-state index contributed by atoms with van der Waals surface area (Å²) in [6.45, 7) is 0.425. The zero-order chi connectivity index (χ0) is 22.8. The van der Waals surface area contributed by atoms with Crippen LogP contribution < -0.4 is 0 Å². The van der Waals surface area contributed by atoms with Crippen molar-refractivity contribution in [1.82, 2.24) is 10.0 Å². The van der Waals surface area contributed by atoms with E-state index in [1.807, 2.05) is 82.8 Å². The molecule has 0 bridgehead atoms. The fourth-order valence-electron chi connectivity index (χ4n) is 4.52. The molecule has 2 heterocycles. The predicted molar refractivity (Wildman–Crippen MR) is 133 cm³/mol. The Morgan fingerprint density at radius 2 is 1.67 bits per heavy atom. The summed E-state index contributed by atoms with van der Waals surface area (Å²) in [7, 11) is 0. The normalized spacial score (nSPS) is 18.5. The monoisotopic (exact) mass is 552 g/mol. The Kier molecular flexibility index (Phi) is 6.28. The van der Waals surface area contributed by atoms with Crippen molar-refractivity contribution in [2.45, 2.75) is 25.0 Å². The molecule has 1 fully saturated rings. The Morgan fingerprint density at radius 1 is 0.939 bits per heavy atom. The molecule has 0 N–H and O–H groups in total. The first kappa shape index (κ1) is 21.9. The lowest BCUT2D eigenvalue weighted by molar-refractivity contribution is -0.0192. The van der Waals surface area contributed by atoms with Crippen molar-refractivity contribution < 1.29 is 13.6 Å². The highest BCUT2D eigenvalue weighted by Gasteiger charge is 2.45. The number of hydrogen-bond acceptors (Lipinski definition) is 3. The minimum absolute atomic E-state index is 0.101. The first-order valence-electron chi connectivity index (χ1n) is 10.8. The van der Waals surface area contributed by atoms with Gasteiger partial charge < -0.3 is 4.42 Å². The number of benzene rings is 3. The fourth-order valence-corrected chi connectivity index (χ4v) is 5.14. The number of hydrazine groups is 1. The van der Waals surface area contributed by atoms with Crippen LogP contribution in [0.4, 0.5) is 4.39 Å². The lowest BCUT2D eigenvalue weighted by Crippen LogP contribution is -2.43. The fraction of sp³-hybridized carbons (Fsp3) is 0.148. The molecule has 33 heavy (non-hydrogen) atoms. The number of halogens is 2. The molecule has 4 aromatic rings. The van der Waals surface area contributed by atoms with E-state index in [0.29, 0.717) is 24.1 Å². The van der Waals surface area contributed by atoms with Gasteiger partial charge in [0.2, 0.25) is 0 Å². The molecule has 0 aliphatic carbocycles. The number of carbonyl (C=O) groups excluding carboxylic acids is 1. The highest BCUT2D eigenvalue weighted by Crippen LogP contribution is 2.46. The van der Waals surface area contributed by atoms with E-state index < -0.39 is 0 Å². The third-order valence-electron chi connectivity index (χ3n) is 6.06. The summed E-state index contributed by atoms with van der Waals surface area (Å²) in [6, 6.07) is 25.7. The Balaban J connectivity index is 1.65. The third kappa shape index (κ3) is 4.32. The second-order valence-electron chi connectivity index (χ2n) is 8.06. The molecule has 0 saturated carbocycles. The molecule has 5 rings (SSSR count). The predicted octanol–water partition coefficient (Wildman–Crippen LogP) is 6.77. The average molecular weight is 552 g/mol.